The number of rotatable bonds is 4. The smallest absolute Gasteiger partial charge is 0.163 e. The Morgan fingerprint density at radius 1 is 1.29 bits per heavy atom. The second kappa shape index (κ2) is 7.58. The number of carbonyl (C=O) groups excluding carboxylic acids is 1. The van der Waals surface area contributed by atoms with Crippen LogP contribution in [-0.2, 0) is 4.74 Å². The van der Waals surface area contributed by atoms with E-state index >= 15 is 0 Å². The zero-order valence-corrected chi connectivity index (χ0v) is 16.8. The third-order valence-electron chi connectivity index (χ3n) is 5.54. The van der Waals surface area contributed by atoms with Crippen molar-refractivity contribution in [3.8, 4) is 17.2 Å². The fourth-order valence-electron chi connectivity index (χ4n) is 3.99. The predicted octanol–water partition coefficient (Wildman–Crippen LogP) is 2.60. The van der Waals surface area contributed by atoms with Crippen LogP contribution in [0, 0.1) is 0 Å². The number of fused-ring (bicyclic) bond motifs is 1. The van der Waals surface area contributed by atoms with Gasteiger partial charge in [0.15, 0.2) is 5.78 Å². The van der Waals surface area contributed by atoms with Crippen molar-refractivity contribution in [2.45, 2.75) is 44.6 Å². The molecule has 1 heterocycles. The van der Waals surface area contributed by atoms with Crippen molar-refractivity contribution in [3.63, 3.8) is 0 Å². The third-order valence-corrected chi connectivity index (χ3v) is 5.54. The maximum absolute atomic E-state index is 11.9. The number of aliphatic hydroxyl groups excluding tert-OH is 1. The van der Waals surface area contributed by atoms with Crippen LogP contribution in [0.25, 0.3) is 10.8 Å². The van der Waals surface area contributed by atoms with Crippen molar-refractivity contribution in [1.29, 1.82) is 0 Å². The first kappa shape index (κ1) is 20.4. The van der Waals surface area contributed by atoms with E-state index in [0.29, 0.717) is 23.1 Å². The quantitative estimate of drug-likeness (QED) is 0.546. The van der Waals surface area contributed by atoms with Gasteiger partial charge in [0.25, 0.3) is 0 Å². The van der Waals surface area contributed by atoms with Crippen LogP contribution >= 0.6 is 0 Å². The van der Waals surface area contributed by atoms with Gasteiger partial charge in [0.1, 0.15) is 17.2 Å². The molecule has 1 aliphatic heterocycles. The predicted molar refractivity (Wildman–Crippen MR) is 105 cm³/mol. The summed E-state index contributed by atoms with van der Waals surface area (Å²) < 4.78 is 11.6. The molecule has 1 fully saturated rings. The molecule has 0 saturated carbocycles. The number of carbonyl (C=O) groups is 1. The summed E-state index contributed by atoms with van der Waals surface area (Å²) in [4.78, 5) is 13.8. The second-order valence-electron chi connectivity index (χ2n) is 7.55. The molecule has 0 amide bonds. The standard InChI is InChI=1S/C21H27NO6/c1-10(23)14-8-16(24)12-6-7-13(21(27-5)18(12)20(14)26)17-9-15(22(3)4)19(25)11(2)28-17/h6-8,11,15,17,19,24-26H,9H2,1-5H3/t11-,15-,17-,19-/m1/s1. The van der Waals surface area contributed by atoms with E-state index in [1.54, 1.807) is 12.1 Å². The van der Waals surface area contributed by atoms with Crippen LogP contribution in [-0.4, -0.2) is 65.5 Å². The number of hydrogen-bond donors (Lipinski definition) is 3. The van der Waals surface area contributed by atoms with Gasteiger partial charge >= 0.3 is 0 Å². The molecule has 7 nitrogen and oxygen atoms in total. The number of phenolic OH excluding ortho intramolecular Hbond substituents is 2. The van der Waals surface area contributed by atoms with Crippen molar-refractivity contribution < 1.29 is 29.6 Å². The lowest BCUT2D eigenvalue weighted by atomic mass is 9.89. The molecule has 152 valence electrons. The first-order valence-electron chi connectivity index (χ1n) is 9.23. The maximum atomic E-state index is 11.9. The molecule has 0 aromatic heterocycles. The third kappa shape index (κ3) is 3.30. The van der Waals surface area contributed by atoms with E-state index in [0.717, 1.165) is 0 Å². The van der Waals surface area contributed by atoms with Gasteiger partial charge in [-0.05, 0) is 46.5 Å². The van der Waals surface area contributed by atoms with Crippen molar-refractivity contribution in [2.24, 2.45) is 0 Å². The average molecular weight is 389 g/mol. The summed E-state index contributed by atoms with van der Waals surface area (Å²) >= 11 is 0. The molecule has 7 heteroatoms. The topological polar surface area (TPSA) is 99.5 Å². The molecule has 1 aliphatic rings. The minimum atomic E-state index is -0.625. The Morgan fingerprint density at radius 3 is 2.54 bits per heavy atom. The Kier molecular flexibility index (Phi) is 5.52. The number of ketones is 1. The summed E-state index contributed by atoms with van der Waals surface area (Å²) in [5, 5.41) is 32.2. The summed E-state index contributed by atoms with van der Waals surface area (Å²) in [7, 11) is 5.28. The summed E-state index contributed by atoms with van der Waals surface area (Å²) in [5.74, 6) is -0.352. The number of phenols is 2. The molecule has 0 aliphatic carbocycles. The number of aliphatic hydroxyl groups is 1. The molecule has 3 N–H and O–H groups in total. The molecule has 1 saturated heterocycles. The zero-order valence-electron chi connectivity index (χ0n) is 16.8. The maximum Gasteiger partial charge on any atom is 0.163 e. The number of Topliss-reactive ketones (excluding diaryl/α,β-unsaturated/α-hetero) is 1. The fraction of sp³-hybridized carbons (Fsp3) is 0.476. The van der Waals surface area contributed by atoms with Crippen LogP contribution in [0.4, 0.5) is 0 Å². The molecule has 2 aromatic rings. The molecular weight excluding hydrogens is 362 g/mol. The van der Waals surface area contributed by atoms with Crippen LogP contribution in [0.2, 0.25) is 0 Å². The van der Waals surface area contributed by atoms with Crippen molar-refractivity contribution in [1.82, 2.24) is 4.90 Å². The van der Waals surface area contributed by atoms with Gasteiger partial charge in [0.05, 0.1) is 36.4 Å². The Balaban J connectivity index is 2.19. The van der Waals surface area contributed by atoms with Crippen LogP contribution in [0.1, 0.15) is 42.3 Å². The lowest BCUT2D eigenvalue weighted by Crippen LogP contribution is -2.50. The van der Waals surface area contributed by atoms with Crippen LogP contribution in [0.5, 0.6) is 17.2 Å². The lowest BCUT2D eigenvalue weighted by Gasteiger charge is -2.41. The van der Waals surface area contributed by atoms with Gasteiger partial charge in [0.2, 0.25) is 0 Å². The number of hydrogen-bond acceptors (Lipinski definition) is 7. The van der Waals surface area contributed by atoms with Gasteiger partial charge in [-0.3, -0.25) is 4.79 Å². The average Bonchev–Trinajstić information content (AvgIpc) is 2.64. The highest BCUT2D eigenvalue weighted by Gasteiger charge is 2.38. The minimum Gasteiger partial charge on any atom is -0.507 e. The number of methoxy groups -OCH3 is 1. The molecule has 0 bridgehead atoms. The highest BCUT2D eigenvalue weighted by molar-refractivity contribution is 6.08. The first-order valence-corrected chi connectivity index (χ1v) is 9.23. The van der Waals surface area contributed by atoms with E-state index in [4.69, 9.17) is 9.47 Å². The highest BCUT2D eigenvalue weighted by atomic mass is 16.5. The Morgan fingerprint density at radius 2 is 1.96 bits per heavy atom. The van der Waals surface area contributed by atoms with Gasteiger partial charge < -0.3 is 29.7 Å². The van der Waals surface area contributed by atoms with Gasteiger partial charge in [-0.15, -0.1) is 0 Å². The van der Waals surface area contributed by atoms with Crippen molar-refractivity contribution in [3.05, 3.63) is 29.3 Å². The van der Waals surface area contributed by atoms with Gasteiger partial charge in [-0.2, -0.15) is 0 Å². The Labute approximate surface area is 164 Å². The summed E-state index contributed by atoms with van der Waals surface area (Å²) in [6, 6.07) is 4.61. The van der Waals surface area contributed by atoms with E-state index in [1.807, 2.05) is 25.9 Å². The monoisotopic (exact) mass is 389 g/mol. The fourth-order valence-corrected chi connectivity index (χ4v) is 3.99. The summed E-state index contributed by atoms with van der Waals surface area (Å²) in [5.41, 5.74) is 0.718. The Bertz CT molecular complexity index is 910. The largest absolute Gasteiger partial charge is 0.507 e. The van der Waals surface area contributed by atoms with E-state index < -0.39 is 12.2 Å². The van der Waals surface area contributed by atoms with Crippen molar-refractivity contribution in [2.75, 3.05) is 21.2 Å². The molecule has 0 unspecified atom stereocenters. The highest BCUT2D eigenvalue weighted by Crippen LogP contribution is 2.46. The molecule has 0 radical (unpaired) electrons. The van der Waals surface area contributed by atoms with Crippen LogP contribution in [0.15, 0.2) is 18.2 Å². The van der Waals surface area contributed by atoms with Gasteiger partial charge in [0, 0.05) is 17.0 Å². The molecular formula is C21H27NO6. The van der Waals surface area contributed by atoms with E-state index in [-0.39, 0.29) is 40.4 Å². The molecule has 28 heavy (non-hydrogen) atoms. The SMILES string of the molecule is COc1c([C@H]2C[C@@H](N(C)C)[C@H](O)[C@@H](C)O2)ccc2c(O)cc(C(C)=O)c(O)c12. The number of nitrogens with zero attached hydrogens (tertiary/aromatic N) is 1. The normalized spacial score (nSPS) is 25.2. The summed E-state index contributed by atoms with van der Waals surface area (Å²) in [6.07, 6.45) is -0.872. The number of aromatic hydroxyl groups is 2. The number of likely N-dealkylation sites (N-methyl/N-ethyl adjacent to an activating group) is 1. The van der Waals surface area contributed by atoms with E-state index in [1.165, 1.54) is 20.1 Å². The van der Waals surface area contributed by atoms with Crippen LogP contribution in [0.3, 0.4) is 0 Å². The number of benzene rings is 2. The first-order chi connectivity index (χ1) is 13.2. The minimum absolute atomic E-state index is 0.0278. The molecule has 0 spiro atoms. The van der Waals surface area contributed by atoms with Crippen molar-refractivity contribution >= 4 is 16.6 Å². The van der Waals surface area contributed by atoms with E-state index in [2.05, 4.69) is 0 Å². The molecule has 4 atom stereocenters. The molecule has 3 rings (SSSR count). The van der Waals surface area contributed by atoms with E-state index in [9.17, 15) is 20.1 Å². The Hall–Kier alpha value is -2.35. The zero-order chi connectivity index (χ0) is 20.7. The summed E-state index contributed by atoms with van der Waals surface area (Å²) in [6.45, 7) is 3.14. The van der Waals surface area contributed by atoms with Gasteiger partial charge in [-0.25, -0.2) is 0 Å². The number of ether oxygens (including phenoxy) is 2. The molecule has 2 aromatic carbocycles. The van der Waals surface area contributed by atoms with Gasteiger partial charge in [-0.1, -0.05) is 6.07 Å². The second-order valence-corrected chi connectivity index (χ2v) is 7.55. The lowest BCUT2D eigenvalue weighted by molar-refractivity contribution is -0.142. The van der Waals surface area contributed by atoms with Crippen LogP contribution < -0.4 is 4.74 Å².